The van der Waals surface area contributed by atoms with Gasteiger partial charge in [-0.2, -0.15) is 0 Å². The molecular formula is C12H19NO5S. The molecular weight excluding hydrogens is 270 g/mol. The summed E-state index contributed by atoms with van der Waals surface area (Å²) in [5.74, 6) is -1.40. The first-order chi connectivity index (χ1) is 8.87. The molecule has 2 rings (SSSR count). The van der Waals surface area contributed by atoms with Gasteiger partial charge in [-0.1, -0.05) is 12.8 Å². The van der Waals surface area contributed by atoms with Gasteiger partial charge < -0.3 is 10.4 Å². The molecule has 2 N–H and O–H groups in total. The molecule has 2 aliphatic rings. The van der Waals surface area contributed by atoms with Crippen LogP contribution in [0.5, 0.6) is 0 Å². The molecule has 1 unspecified atom stereocenters. The summed E-state index contributed by atoms with van der Waals surface area (Å²) in [4.78, 5) is 23.1. The average molecular weight is 289 g/mol. The monoisotopic (exact) mass is 289 g/mol. The van der Waals surface area contributed by atoms with E-state index in [1.54, 1.807) is 0 Å². The quantitative estimate of drug-likeness (QED) is 0.776. The lowest BCUT2D eigenvalue weighted by Crippen LogP contribution is -2.51. The van der Waals surface area contributed by atoms with E-state index >= 15 is 0 Å². The zero-order chi connectivity index (χ0) is 14.1. The van der Waals surface area contributed by atoms with Crippen LogP contribution in [0.4, 0.5) is 0 Å². The second-order valence-electron chi connectivity index (χ2n) is 5.51. The number of aliphatic carboxylic acids is 1. The molecule has 7 heteroatoms. The van der Waals surface area contributed by atoms with Crippen molar-refractivity contribution in [1.29, 1.82) is 0 Å². The third-order valence-electron chi connectivity index (χ3n) is 4.24. The van der Waals surface area contributed by atoms with E-state index in [0.29, 0.717) is 25.7 Å². The maximum absolute atomic E-state index is 11.9. The lowest BCUT2D eigenvalue weighted by atomic mass is 9.69. The lowest BCUT2D eigenvalue weighted by molar-refractivity contribution is -0.154. The van der Waals surface area contributed by atoms with Gasteiger partial charge in [-0.25, -0.2) is 8.42 Å². The van der Waals surface area contributed by atoms with E-state index in [1.165, 1.54) is 0 Å². The Balaban J connectivity index is 1.96. The molecule has 1 atom stereocenters. The standard InChI is InChI=1S/C12H19NO5S/c14-10(9-4-1-2-7-19(9,17)18)13-8-12(11(15)16)5-3-6-12/h9H,1-8H2,(H,13,14)(H,15,16). The normalized spacial score (nSPS) is 28.1. The van der Waals surface area contributed by atoms with E-state index in [4.69, 9.17) is 5.11 Å². The summed E-state index contributed by atoms with van der Waals surface area (Å²) in [6.45, 7) is 0.0349. The van der Waals surface area contributed by atoms with Crippen LogP contribution in [0.1, 0.15) is 38.5 Å². The molecule has 0 spiro atoms. The summed E-state index contributed by atoms with van der Waals surface area (Å²) in [5, 5.41) is 10.7. The number of carbonyl (C=O) groups excluding carboxylic acids is 1. The van der Waals surface area contributed by atoms with E-state index in [-0.39, 0.29) is 12.3 Å². The highest BCUT2D eigenvalue weighted by molar-refractivity contribution is 7.92. The van der Waals surface area contributed by atoms with Gasteiger partial charge in [0.15, 0.2) is 9.84 Å². The minimum atomic E-state index is -3.36. The smallest absolute Gasteiger partial charge is 0.311 e. The lowest BCUT2D eigenvalue weighted by Gasteiger charge is -2.38. The van der Waals surface area contributed by atoms with Crippen LogP contribution in [0.15, 0.2) is 0 Å². The Labute approximate surface area is 112 Å². The Hall–Kier alpha value is -1.11. The first kappa shape index (κ1) is 14.3. The number of carboxylic acid groups (broad SMARTS) is 1. The minimum absolute atomic E-state index is 0.0349. The number of sulfone groups is 1. The molecule has 1 amide bonds. The van der Waals surface area contributed by atoms with Crippen LogP contribution in [0, 0.1) is 5.41 Å². The first-order valence-corrected chi connectivity index (χ1v) is 8.32. The summed E-state index contributed by atoms with van der Waals surface area (Å²) in [5.41, 5.74) is -0.881. The molecule has 1 aliphatic heterocycles. The van der Waals surface area contributed by atoms with Crippen molar-refractivity contribution in [1.82, 2.24) is 5.32 Å². The first-order valence-electron chi connectivity index (χ1n) is 6.60. The Kier molecular flexibility index (Phi) is 3.85. The number of carbonyl (C=O) groups is 2. The highest BCUT2D eigenvalue weighted by Crippen LogP contribution is 2.40. The summed E-state index contributed by atoms with van der Waals surface area (Å²) >= 11 is 0. The molecule has 0 aromatic heterocycles. The van der Waals surface area contributed by atoms with E-state index in [1.807, 2.05) is 0 Å². The zero-order valence-corrected chi connectivity index (χ0v) is 11.5. The molecule has 1 saturated carbocycles. The second-order valence-corrected chi connectivity index (χ2v) is 7.81. The average Bonchev–Trinajstić information content (AvgIpc) is 2.26. The van der Waals surface area contributed by atoms with Gasteiger partial charge in [0, 0.05) is 6.54 Å². The fourth-order valence-corrected chi connectivity index (χ4v) is 4.52. The molecule has 0 radical (unpaired) electrons. The van der Waals surface area contributed by atoms with E-state index < -0.39 is 32.4 Å². The van der Waals surface area contributed by atoms with Gasteiger partial charge in [0.1, 0.15) is 5.25 Å². The fraction of sp³-hybridized carbons (Fsp3) is 0.833. The Morgan fingerprint density at radius 1 is 1.21 bits per heavy atom. The molecule has 6 nitrogen and oxygen atoms in total. The summed E-state index contributed by atoms with van der Waals surface area (Å²) in [6, 6.07) is 0. The Morgan fingerprint density at radius 3 is 2.37 bits per heavy atom. The van der Waals surface area contributed by atoms with Crippen molar-refractivity contribution in [3.8, 4) is 0 Å². The van der Waals surface area contributed by atoms with Crippen LogP contribution in [0.25, 0.3) is 0 Å². The van der Waals surface area contributed by atoms with Crippen LogP contribution in [0.2, 0.25) is 0 Å². The predicted octanol–water partition coefficient (Wildman–Crippen LogP) is 0.325. The predicted molar refractivity (Wildman–Crippen MR) is 68.4 cm³/mol. The third-order valence-corrected chi connectivity index (χ3v) is 6.41. The van der Waals surface area contributed by atoms with E-state index in [2.05, 4.69) is 5.32 Å². The number of carboxylic acids is 1. The van der Waals surface area contributed by atoms with Crippen molar-refractivity contribution in [2.24, 2.45) is 5.41 Å². The largest absolute Gasteiger partial charge is 0.481 e. The van der Waals surface area contributed by atoms with E-state index in [0.717, 1.165) is 12.8 Å². The maximum Gasteiger partial charge on any atom is 0.311 e. The van der Waals surface area contributed by atoms with Gasteiger partial charge in [0.05, 0.1) is 11.2 Å². The maximum atomic E-state index is 11.9. The Bertz CT molecular complexity index is 480. The fourth-order valence-electron chi connectivity index (χ4n) is 2.69. The number of nitrogens with one attached hydrogen (secondary N) is 1. The molecule has 1 saturated heterocycles. The molecule has 1 heterocycles. The van der Waals surface area contributed by atoms with Gasteiger partial charge in [0.25, 0.3) is 0 Å². The van der Waals surface area contributed by atoms with Crippen molar-refractivity contribution in [3.63, 3.8) is 0 Å². The molecule has 19 heavy (non-hydrogen) atoms. The topological polar surface area (TPSA) is 101 Å². The SMILES string of the molecule is O=C(NCC1(C(=O)O)CCC1)C1CCCCS1(=O)=O. The van der Waals surface area contributed by atoms with E-state index in [9.17, 15) is 18.0 Å². The molecule has 108 valence electrons. The molecule has 2 fully saturated rings. The van der Waals surface area contributed by atoms with Gasteiger partial charge in [-0.15, -0.1) is 0 Å². The van der Waals surface area contributed by atoms with Crippen LogP contribution in [-0.2, 0) is 19.4 Å². The van der Waals surface area contributed by atoms with Crippen molar-refractivity contribution >= 4 is 21.7 Å². The number of hydrogen-bond acceptors (Lipinski definition) is 4. The number of hydrogen-bond donors (Lipinski definition) is 2. The number of rotatable bonds is 4. The molecule has 1 aliphatic carbocycles. The molecule has 0 aromatic rings. The van der Waals surface area contributed by atoms with Gasteiger partial charge in [-0.3, -0.25) is 9.59 Å². The van der Waals surface area contributed by atoms with Crippen molar-refractivity contribution in [3.05, 3.63) is 0 Å². The highest BCUT2D eigenvalue weighted by Gasteiger charge is 2.45. The highest BCUT2D eigenvalue weighted by atomic mass is 32.2. The zero-order valence-electron chi connectivity index (χ0n) is 10.7. The Morgan fingerprint density at radius 2 is 1.89 bits per heavy atom. The van der Waals surface area contributed by atoms with Crippen LogP contribution >= 0.6 is 0 Å². The second kappa shape index (κ2) is 5.11. The minimum Gasteiger partial charge on any atom is -0.481 e. The van der Waals surface area contributed by atoms with Crippen LogP contribution in [0.3, 0.4) is 0 Å². The van der Waals surface area contributed by atoms with Gasteiger partial charge in [-0.05, 0) is 25.7 Å². The van der Waals surface area contributed by atoms with Crippen LogP contribution in [-0.4, -0.2) is 42.9 Å². The molecule has 0 aromatic carbocycles. The summed E-state index contributed by atoms with van der Waals surface area (Å²) in [7, 11) is -3.36. The summed E-state index contributed by atoms with van der Waals surface area (Å²) < 4.78 is 23.6. The molecule has 0 bridgehead atoms. The third kappa shape index (κ3) is 2.75. The summed E-state index contributed by atoms with van der Waals surface area (Å²) in [6.07, 6.45) is 3.59. The van der Waals surface area contributed by atoms with Gasteiger partial charge >= 0.3 is 5.97 Å². The number of amides is 1. The van der Waals surface area contributed by atoms with Crippen molar-refractivity contribution in [2.45, 2.75) is 43.8 Å². The van der Waals surface area contributed by atoms with Crippen molar-refractivity contribution in [2.75, 3.05) is 12.3 Å². The van der Waals surface area contributed by atoms with Crippen molar-refractivity contribution < 1.29 is 23.1 Å². The van der Waals surface area contributed by atoms with Crippen LogP contribution < -0.4 is 5.32 Å². The van der Waals surface area contributed by atoms with Gasteiger partial charge in [0.2, 0.25) is 5.91 Å².